The van der Waals surface area contributed by atoms with E-state index in [1.54, 1.807) is 19.2 Å². The molecule has 2 N–H and O–H groups in total. The monoisotopic (exact) mass is 380 g/mol. The van der Waals surface area contributed by atoms with E-state index in [4.69, 9.17) is 26.8 Å². The number of rotatable bonds is 6. The molecule has 2 fully saturated rings. The van der Waals surface area contributed by atoms with Gasteiger partial charge in [-0.3, -0.25) is 4.79 Å². The molecule has 1 aromatic carbocycles. The fraction of sp³-hybridized carbons (Fsp3) is 0.650. The van der Waals surface area contributed by atoms with Gasteiger partial charge in [0.15, 0.2) is 11.5 Å². The summed E-state index contributed by atoms with van der Waals surface area (Å²) in [5.74, 6) is 2.49. The quantitative estimate of drug-likeness (QED) is 0.819. The van der Waals surface area contributed by atoms with Crippen molar-refractivity contribution in [1.29, 1.82) is 0 Å². The van der Waals surface area contributed by atoms with Crippen LogP contribution >= 0.6 is 11.6 Å². The predicted molar refractivity (Wildman–Crippen MR) is 103 cm³/mol. The molecule has 0 spiro atoms. The van der Waals surface area contributed by atoms with Gasteiger partial charge in [0.05, 0.1) is 18.7 Å². The second kappa shape index (κ2) is 8.05. The highest BCUT2D eigenvalue weighted by atomic mass is 35.5. The maximum atomic E-state index is 12.9. The minimum absolute atomic E-state index is 0.0134. The van der Waals surface area contributed by atoms with Crippen molar-refractivity contribution in [2.24, 2.45) is 23.5 Å². The molecule has 26 heavy (non-hydrogen) atoms. The molecule has 2 aliphatic rings. The van der Waals surface area contributed by atoms with Crippen LogP contribution in [0.2, 0.25) is 5.02 Å². The molecule has 3 atom stereocenters. The summed E-state index contributed by atoms with van der Waals surface area (Å²) in [6, 6.07) is 3.63. The molecule has 1 heterocycles. The molecule has 3 rings (SSSR count). The van der Waals surface area contributed by atoms with Crippen molar-refractivity contribution < 1.29 is 14.3 Å². The largest absolute Gasteiger partial charge is 0.493 e. The number of amides is 1. The van der Waals surface area contributed by atoms with Crippen LogP contribution in [0.3, 0.4) is 0 Å². The molecule has 6 heteroatoms. The first-order valence-electron chi connectivity index (χ1n) is 9.45. The van der Waals surface area contributed by atoms with Gasteiger partial charge in [-0.1, -0.05) is 25.4 Å². The molecule has 3 unspecified atom stereocenters. The van der Waals surface area contributed by atoms with E-state index in [1.807, 2.05) is 4.90 Å². The first-order valence-corrected chi connectivity index (χ1v) is 9.83. The van der Waals surface area contributed by atoms with Crippen LogP contribution in [0.15, 0.2) is 12.1 Å². The average molecular weight is 381 g/mol. The number of carbonyl (C=O) groups excluding carboxylic acids is 1. The first kappa shape index (κ1) is 19.3. The lowest BCUT2D eigenvalue weighted by Gasteiger charge is -2.20. The number of fused-ring (bicyclic) bond motifs is 1. The van der Waals surface area contributed by atoms with Gasteiger partial charge in [0.2, 0.25) is 0 Å². The molecular formula is C20H29ClN2O3. The van der Waals surface area contributed by atoms with E-state index >= 15 is 0 Å². The summed E-state index contributed by atoms with van der Waals surface area (Å²) in [5.41, 5.74) is 6.72. The Morgan fingerprint density at radius 2 is 2.12 bits per heavy atom. The molecule has 1 amide bonds. The third-order valence-corrected chi connectivity index (χ3v) is 5.90. The van der Waals surface area contributed by atoms with Crippen molar-refractivity contribution in [3.63, 3.8) is 0 Å². The SMILES string of the molecule is COc1cc(C(=O)N2CC3CCC(N)C3C2)cc(Cl)c1OCCC(C)C. The summed E-state index contributed by atoms with van der Waals surface area (Å²) in [5, 5.41) is 0.410. The fourth-order valence-corrected chi connectivity index (χ4v) is 4.30. The van der Waals surface area contributed by atoms with Gasteiger partial charge in [0, 0.05) is 24.7 Å². The Hall–Kier alpha value is -1.46. The number of carbonyl (C=O) groups is 1. The average Bonchev–Trinajstić information content (AvgIpc) is 3.17. The number of hydrogen-bond acceptors (Lipinski definition) is 4. The van der Waals surface area contributed by atoms with Crippen molar-refractivity contribution in [3.8, 4) is 11.5 Å². The zero-order chi connectivity index (χ0) is 18.8. The number of benzene rings is 1. The first-order chi connectivity index (χ1) is 12.4. The molecule has 5 nitrogen and oxygen atoms in total. The molecule has 0 bridgehead atoms. The molecule has 1 aromatic rings. The molecule has 1 saturated carbocycles. The summed E-state index contributed by atoms with van der Waals surface area (Å²) in [6.45, 7) is 6.36. The summed E-state index contributed by atoms with van der Waals surface area (Å²) in [6.07, 6.45) is 3.11. The van der Waals surface area contributed by atoms with Gasteiger partial charge in [0.1, 0.15) is 0 Å². The maximum absolute atomic E-state index is 12.9. The zero-order valence-corrected chi connectivity index (χ0v) is 16.6. The third kappa shape index (κ3) is 3.94. The Bertz CT molecular complexity index is 665. The van der Waals surface area contributed by atoms with E-state index in [2.05, 4.69) is 13.8 Å². The predicted octanol–water partition coefficient (Wildman–Crippen LogP) is 3.58. The van der Waals surface area contributed by atoms with Gasteiger partial charge >= 0.3 is 0 Å². The number of ether oxygens (including phenoxy) is 2. The zero-order valence-electron chi connectivity index (χ0n) is 15.8. The van der Waals surface area contributed by atoms with E-state index < -0.39 is 0 Å². The van der Waals surface area contributed by atoms with Gasteiger partial charge in [-0.15, -0.1) is 0 Å². The molecule has 1 aliphatic heterocycles. The number of methoxy groups -OCH3 is 1. The normalized spacial score (nSPS) is 24.8. The van der Waals surface area contributed by atoms with E-state index in [9.17, 15) is 4.79 Å². The van der Waals surface area contributed by atoms with Gasteiger partial charge < -0.3 is 20.1 Å². The summed E-state index contributed by atoms with van der Waals surface area (Å²) < 4.78 is 11.2. The fourth-order valence-electron chi connectivity index (χ4n) is 4.04. The maximum Gasteiger partial charge on any atom is 0.254 e. The number of nitrogens with two attached hydrogens (primary N) is 1. The van der Waals surface area contributed by atoms with Crippen LogP contribution in [-0.2, 0) is 0 Å². The molecular weight excluding hydrogens is 352 g/mol. The van der Waals surface area contributed by atoms with Gasteiger partial charge in [-0.05, 0) is 49.1 Å². The van der Waals surface area contributed by atoms with Gasteiger partial charge in [-0.25, -0.2) is 0 Å². The highest BCUT2D eigenvalue weighted by Gasteiger charge is 2.42. The number of nitrogens with zero attached hydrogens (tertiary/aromatic N) is 1. The van der Waals surface area contributed by atoms with Crippen LogP contribution in [-0.4, -0.2) is 43.7 Å². The molecule has 0 radical (unpaired) electrons. The van der Waals surface area contributed by atoms with Crippen molar-refractivity contribution >= 4 is 17.5 Å². The second-order valence-corrected chi connectivity index (χ2v) is 8.30. The number of halogens is 1. The van der Waals surface area contributed by atoms with Crippen LogP contribution in [0.5, 0.6) is 11.5 Å². The minimum Gasteiger partial charge on any atom is -0.493 e. The lowest BCUT2D eigenvalue weighted by atomic mass is 9.98. The second-order valence-electron chi connectivity index (χ2n) is 7.90. The number of likely N-dealkylation sites (tertiary alicyclic amines) is 1. The van der Waals surface area contributed by atoms with Crippen molar-refractivity contribution in [3.05, 3.63) is 22.7 Å². The van der Waals surface area contributed by atoms with Crippen LogP contribution in [0.1, 0.15) is 43.5 Å². The van der Waals surface area contributed by atoms with Crippen LogP contribution in [0.25, 0.3) is 0 Å². The lowest BCUT2D eigenvalue weighted by Crippen LogP contribution is -2.33. The van der Waals surface area contributed by atoms with Crippen molar-refractivity contribution in [1.82, 2.24) is 4.90 Å². The Labute approximate surface area is 160 Å². The van der Waals surface area contributed by atoms with E-state index in [0.717, 1.165) is 32.4 Å². The minimum atomic E-state index is -0.0134. The van der Waals surface area contributed by atoms with Crippen molar-refractivity contribution in [2.45, 2.75) is 39.2 Å². The van der Waals surface area contributed by atoms with Crippen LogP contribution in [0.4, 0.5) is 0 Å². The standard InChI is InChI=1S/C20H29ClN2O3/c1-12(2)6-7-26-19-16(21)8-14(9-18(19)25-3)20(24)23-10-13-4-5-17(22)15(13)11-23/h8-9,12-13,15,17H,4-7,10-11,22H2,1-3H3. The molecule has 0 aromatic heterocycles. The topological polar surface area (TPSA) is 64.8 Å². The number of hydrogen-bond donors (Lipinski definition) is 1. The van der Waals surface area contributed by atoms with Crippen LogP contribution in [0, 0.1) is 17.8 Å². The van der Waals surface area contributed by atoms with Gasteiger partial charge in [0.25, 0.3) is 5.91 Å². The Balaban J connectivity index is 1.74. The summed E-state index contributed by atoms with van der Waals surface area (Å²) >= 11 is 6.40. The van der Waals surface area contributed by atoms with Gasteiger partial charge in [-0.2, -0.15) is 0 Å². The third-order valence-electron chi connectivity index (χ3n) is 5.62. The van der Waals surface area contributed by atoms with Crippen molar-refractivity contribution in [2.75, 3.05) is 26.8 Å². The Morgan fingerprint density at radius 3 is 2.77 bits per heavy atom. The lowest BCUT2D eigenvalue weighted by molar-refractivity contribution is 0.0779. The smallest absolute Gasteiger partial charge is 0.254 e. The van der Waals surface area contributed by atoms with E-state index in [1.165, 1.54) is 0 Å². The summed E-state index contributed by atoms with van der Waals surface area (Å²) in [7, 11) is 1.56. The highest BCUT2D eigenvalue weighted by Crippen LogP contribution is 2.40. The molecule has 1 saturated heterocycles. The highest BCUT2D eigenvalue weighted by molar-refractivity contribution is 6.32. The Morgan fingerprint density at radius 1 is 1.35 bits per heavy atom. The molecule has 1 aliphatic carbocycles. The van der Waals surface area contributed by atoms with E-state index in [0.29, 0.717) is 46.4 Å². The Kier molecular flexibility index (Phi) is 5.98. The van der Waals surface area contributed by atoms with Crippen LogP contribution < -0.4 is 15.2 Å². The molecule has 144 valence electrons. The summed E-state index contributed by atoms with van der Waals surface area (Å²) in [4.78, 5) is 14.9. The van der Waals surface area contributed by atoms with E-state index in [-0.39, 0.29) is 11.9 Å².